The first-order valence-corrected chi connectivity index (χ1v) is 10.0. The van der Waals surface area contributed by atoms with E-state index < -0.39 is 0 Å². The SMILES string of the molecule is CN(CCc1nc(-c2ccc(F)cc2)c2cnccn12)C1Cc2ccccc2C1. The molecule has 1 aliphatic rings. The molecular weight excluding hydrogens is 363 g/mol. The number of aromatic nitrogens is 3. The Morgan fingerprint density at radius 1 is 1.07 bits per heavy atom. The van der Waals surface area contributed by atoms with Gasteiger partial charge in [0.15, 0.2) is 0 Å². The summed E-state index contributed by atoms with van der Waals surface area (Å²) >= 11 is 0. The minimum absolute atomic E-state index is 0.241. The number of fused-ring (bicyclic) bond motifs is 2. The van der Waals surface area contributed by atoms with Gasteiger partial charge in [0, 0.05) is 37.0 Å². The quantitative estimate of drug-likeness (QED) is 0.516. The van der Waals surface area contributed by atoms with E-state index in [4.69, 9.17) is 4.98 Å². The molecule has 4 aromatic rings. The number of hydrogen-bond acceptors (Lipinski definition) is 3. The molecule has 0 atom stereocenters. The smallest absolute Gasteiger partial charge is 0.123 e. The van der Waals surface area contributed by atoms with Crippen LogP contribution in [0.3, 0.4) is 0 Å². The van der Waals surface area contributed by atoms with Crippen molar-refractivity contribution < 1.29 is 4.39 Å². The first kappa shape index (κ1) is 18.0. The number of imidazole rings is 1. The van der Waals surface area contributed by atoms with E-state index >= 15 is 0 Å². The van der Waals surface area contributed by atoms with E-state index in [-0.39, 0.29) is 5.82 Å². The van der Waals surface area contributed by atoms with Crippen LogP contribution in [0.15, 0.2) is 67.1 Å². The lowest BCUT2D eigenvalue weighted by molar-refractivity contribution is 0.250. The van der Waals surface area contributed by atoms with Crippen LogP contribution in [-0.4, -0.2) is 38.9 Å². The zero-order valence-corrected chi connectivity index (χ0v) is 16.4. The normalized spacial score (nSPS) is 14.0. The standard InChI is InChI=1S/C24H23FN4/c1-28(21-14-18-4-2-3-5-19(18)15-21)12-10-23-27-24(17-6-8-20(25)9-7-17)22-16-26-11-13-29(22)23/h2-9,11,13,16,21H,10,12,14-15H2,1H3. The van der Waals surface area contributed by atoms with E-state index in [1.807, 2.05) is 12.4 Å². The molecule has 2 heterocycles. The zero-order chi connectivity index (χ0) is 19.8. The molecule has 4 nitrogen and oxygen atoms in total. The lowest BCUT2D eigenvalue weighted by Crippen LogP contribution is -2.34. The van der Waals surface area contributed by atoms with Crippen LogP contribution in [0.4, 0.5) is 4.39 Å². The molecule has 0 aliphatic heterocycles. The van der Waals surface area contributed by atoms with Crippen molar-refractivity contribution >= 4 is 5.52 Å². The van der Waals surface area contributed by atoms with Crippen LogP contribution in [0.2, 0.25) is 0 Å². The molecule has 2 aromatic carbocycles. The number of halogens is 1. The minimum Gasteiger partial charge on any atom is -0.302 e. The summed E-state index contributed by atoms with van der Waals surface area (Å²) in [6.07, 6.45) is 8.63. The molecule has 0 bridgehead atoms. The predicted molar refractivity (Wildman–Crippen MR) is 112 cm³/mol. The second kappa shape index (κ2) is 7.41. The maximum absolute atomic E-state index is 13.3. The van der Waals surface area contributed by atoms with E-state index in [1.165, 1.54) is 23.3 Å². The van der Waals surface area contributed by atoms with Gasteiger partial charge in [0.2, 0.25) is 0 Å². The van der Waals surface area contributed by atoms with Gasteiger partial charge in [0.1, 0.15) is 11.6 Å². The number of likely N-dealkylation sites (N-methyl/N-ethyl adjacent to an activating group) is 1. The predicted octanol–water partition coefficient (Wildman–Crippen LogP) is 4.18. The summed E-state index contributed by atoms with van der Waals surface area (Å²) in [5, 5.41) is 0. The van der Waals surface area contributed by atoms with Gasteiger partial charge in [-0.25, -0.2) is 9.37 Å². The van der Waals surface area contributed by atoms with Crippen LogP contribution >= 0.6 is 0 Å². The fourth-order valence-electron chi connectivity index (χ4n) is 4.30. The lowest BCUT2D eigenvalue weighted by atomic mass is 10.1. The molecule has 29 heavy (non-hydrogen) atoms. The van der Waals surface area contributed by atoms with Gasteiger partial charge in [0.25, 0.3) is 0 Å². The molecule has 0 unspecified atom stereocenters. The van der Waals surface area contributed by atoms with Crippen molar-refractivity contribution in [2.24, 2.45) is 0 Å². The van der Waals surface area contributed by atoms with Crippen molar-refractivity contribution in [3.8, 4) is 11.3 Å². The fourth-order valence-corrected chi connectivity index (χ4v) is 4.30. The Labute approximate surface area is 169 Å². The molecule has 0 saturated carbocycles. The van der Waals surface area contributed by atoms with Crippen molar-refractivity contribution in [2.75, 3.05) is 13.6 Å². The Kier molecular flexibility index (Phi) is 4.60. The molecular formula is C24H23FN4. The van der Waals surface area contributed by atoms with Gasteiger partial charge < -0.3 is 9.30 Å². The van der Waals surface area contributed by atoms with Crippen molar-refractivity contribution in [1.82, 2.24) is 19.3 Å². The first-order chi connectivity index (χ1) is 14.2. The van der Waals surface area contributed by atoms with Gasteiger partial charge in [-0.15, -0.1) is 0 Å². The number of rotatable bonds is 5. The molecule has 0 spiro atoms. The first-order valence-electron chi connectivity index (χ1n) is 10.0. The van der Waals surface area contributed by atoms with Crippen molar-refractivity contribution in [1.29, 1.82) is 0 Å². The van der Waals surface area contributed by atoms with Crippen LogP contribution in [0.25, 0.3) is 16.8 Å². The third-order valence-electron chi connectivity index (χ3n) is 5.98. The number of hydrogen-bond donors (Lipinski definition) is 0. The Balaban J connectivity index is 1.36. The summed E-state index contributed by atoms with van der Waals surface area (Å²) in [7, 11) is 2.20. The van der Waals surface area contributed by atoms with E-state index in [2.05, 4.69) is 45.6 Å². The highest BCUT2D eigenvalue weighted by molar-refractivity contribution is 5.77. The van der Waals surface area contributed by atoms with Crippen molar-refractivity contribution in [2.45, 2.75) is 25.3 Å². The maximum Gasteiger partial charge on any atom is 0.123 e. The summed E-state index contributed by atoms with van der Waals surface area (Å²) < 4.78 is 15.4. The van der Waals surface area contributed by atoms with E-state index in [0.29, 0.717) is 6.04 Å². The van der Waals surface area contributed by atoms with Gasteiger partial charge in [-0.05, 0) is 55.3 Å². The topological polar surface area (TPSA) is 33.4 Å². The Hall–Kier alpha value is -3.05. The van der Waals surface area contributed by atoms with Crippen molar-refractivity contribution in [3.63, 3.8) is 0 Å². The lowest BCUT2D eigenvalue weighted by Gasteiger charge is -2.23. The Morgan fingerprint density at radius 2 is 1.79 bits per heavy atom. The maximum atomic E-state index is 13.3. The monoisotopic (exact) mass is 386 g/mol. The van der Waals surface area contributed by atoms with E-state index in [0.717, 1.165) is 48.4 Å². The Bertz CT molecular complexity index is 1120. The average Bonchev–Trinajstić information content (AvgIpc) is 3.35. The summed E-state index contributed by atoms with van der Waals surface area (Å²) in [5.41, 5.74) is 5.65. The highest BCUT2D eigenvalue weighted by Gasteiger charge is 2.24. The second-order valence-electron chi connectivity index (χ2n) is 7.78. The molecule has 5 heteroatoms. The molecule has 5 rings (SSSR count). The van der Waals surface area contributed by atoms with Crippen LogP contribution in [-0.2, 0) is 19.3 Å². The van der Waals surface area contributed by atoms with Gasteiger partial charge in [-0.1, -0.05) is 24.3 Å². The zero-order valence-electron chi connectivity index (χ0n) is 16.4. The third kappa shape index (κ3) is 3.42. The van der Waals surface area contributed by atoms with Crippen molar-refractivity contribution in [3.05, 3.63) is 89.9 Å². The van der Waals surface area contributed by atoms with Gasteiger partial charge >= 0.3 is 0 Å². The van der Waals surface area contributed by atoms with Crippen LogP contribution in [0.1, 0.15) is 17.0 Å². The molecule has 0 radical (unpaired) electrons. The summed E-state index contributed by atoms with van der Waals surface area (Å²) in [6.45, 7) is 0.933. The summed E-state index contributed by atoms with van der Waals surface area (Å²) in [4.78, 5) is 11.6. The number of benzene rings is 2. The summed E-state index contributed by atoms with van der Waals surface area (Å²) in [6, 6.07) is 15.8. The van der Waals surface area contributed by atoms with Gasteiger partial charge in [-0.2, -0.15) is 0 Å². The van der Waals surface area contributed by atoms with E-state index in [9.17, 15) is 4.39 Å². The molecule has 2 aromatic heterocycles. The van der Waals surface area contributed by atoms with E-state index in [1.54, 1.807) is 18.3 Å². The van der Waals surface area contributed by atoms with Gasteiger partial charge in [0.05, 0.1) is 17.4 Å². The molecule has 1 aliphatic carbocycles. The Morgan fingerprint density at radius 3 is 2.52 bits per heavy atom. The largest absolute Gasteiger partial charge is 0.302 e. The highest BCUT2D eigenvalue weighted by atomic mass is 19.1. The van der Waals surface area contributed by atoms with Crippen LogP contribution in [0.5, 0.6) is 0 Å². The highest BCUT2D eigenvalue weighted by Crippen LogP contribution is 2.27. The molecule has 0 amide bonds. The number of nitrogens with zero attached hydrogens (tertiary/aromatic N) is 4. The molecule has 146 valence electrons. The summed E-state index contributed by atoms with van der Waals surface area (Å²) in [5.74, 6) is 0.763. The third-order valence-corrected chi connectivity index (χ3v) is 5.98. The average molecular weight is 386 g/mol. The molecule has 0 saturated heterocycles. The minimum atomic E-state index is -0.241. The van der Waals surface area contributed by atoms with Gasteiger partial charge in [-0.3, -0.25) is 4.98 Å². The second-order valence-corrected chi connectivity index (χ2v) is 7.78. The molecule has 0 fully saturated rings. The van der Waals surface area contributed by atoms with Crippen LogP contribution in [0, 0.1) is 5.82 Å². The molecule has 0 N–H and O–H groups in total. The fraction of sp³-hybridized carbons (Fsp3) is 0.250. The van der Waals surface area contributed by atoms with Crippen LogP contribution < -0.4 is 0 Å².